The maximum Gasteiger partial charge on any atom is 0.226 e. The second-order valence-electron chi connectivity index (χ2n) is 4.34. The van der Waals surface area contributed by atoms with Gasteiger partial charge in [-0.2, -0.15) is 0 Å². The first kappa shape index (κ1) is 13.7. The van der Waals surface area contributed by atoms with Crippen molar-refractivity contribution in [1.29, 1.82) is 0 Å². The minimum atomic E-state index is 0.558. The Hall–Kier alpha value is -2.22. The molecule has 0 aliphatic carbocycles. The molecule has 0 saturated heterocycles. The Bertz CT molecular complexity index is 696. The van der Waals surface area contributed by atoms with Gasteiger partial charge in [-0.15, -0.1) is 15.3 Å². The summed E-state index contributed by atoms with van der Waals surface area (Å²) in [6.07, 6.45) is 0.739. The summed E-state index contributed by atoms with van der Waals surface area (Å²) in [5.74, 6) is 1.79. The van der Waals surface area contributed by atoms with Gasteiger partial charge < -0.3 is 4.42 Å². The van der Waals surface area contributed by atoms with Gasteiger partial charge in [0.1, 0.15) is 0 Å². The van der Waals surface area contributed by atoms with Gasteiger partial charge in [-0.3, -0.25) is 0 Å². The molecule has 1 aromatic carbocycles. The van der Waals surface area contributed by atoms with Gasteiger partial charge in [-0.25, -0.2) is 4.68 Å². The summed E-state index contributed by atoms with van der Waals surface area (Å²) in [5.41, 5.74) is 1.15. The Morgan fingerprint density at radius 2 is 1.90 bits per heavy atom. The average Bonchev–Trinajstić information content (AvgIpc) is 3.15. The molecule has 0 unspecified atom stereocenters. The van der Waals surface area contributed by atoms with Crippen LogP contribution in [-0.2, 0) is 18.7 Å². The fourth-order valence-corrected chi connectivity index (χ4v) is 2.48. The highest BCUT2D eigenvalue weighted by molar-refractivity contribution is 7.98. The average molecular weight is 302 g/mol. The zero-order chi connectivity index (χ0) is 14.5. The van der Waals surface area contributed by atoms with E-state index in [2.05, 4.69) is 25.7 Å². The van der Waals surface area contributed by atoms with Crippen molar-refractivity contribution in [3.63, 3.8) is 0 Å². The molecule has 0 saturated carbocycles. The predicted molar refractivity (Wildman–Crippen MR) is 76.6 cm³/mol. The minimum Gasteiger partial charge on any atom is -0.424 e. The van der Waals surface area contributed by atoms with Crippen LogP contribution in [0.3, 0.4) is 0 Å². The van der Waals surface area contributed by atoms with Crippen molar-refractivity contribution in [2.45, 2.75) is 30.8 Å². The Balaban J connectivity index is 1.65. The van der Waals surface area contributed by atoms with E-state index in [1.807, 2.05) is 37.3 Å². The van der Waals surface area contributed by atoms with Crippen LogP contribution in [0, 0.1) is 0 Å². The molecule has 0 aliphatic heterocycles. The summed E-state index contributed by atoms with van der Waals surface area (Å²) >= 11 is 1.48. The van der Waals surface area contributed by atoms with Crippen molar-refractivity contribution in [3.05, 3.63) is 47.7 Å². The van der Waals surface area contributed by atoms with Crippen LogP contribution in [0.5, 0.6) is 0 Å². The van der Waals surface area contributed by atoms with E-state index in [0.29, 0.717) is 24.1 Å². The molecular formula is C13H14N6OS. The molecule has 0 N–H and O–H groups in total. The van der Waals surface area contributed by atoms with Gasteiger partial charge in [0.05, 0.1) is 12.3 Å². The van der Waals surface area contributed by atoms with Crippen molar-refractivity contribution in [2.75, 3.05) is 0 Å². The molecular weight excluding hydrogens is 288 g/mol. The Morgan fingerprint density at radius 1 is 1.10 bits per heavy atom. The van der Waals surface area contributed by atoms with Gasteiger partial charge in [0.25, 0.3) is 0 Å². The molecule has 0 radical (unpaired) electrons. The van der Waals surface area contributed by atoms with Gasteiger partial charge in [-0.1, -0.05) is 49.0 Å². The first-order valence-corrected chi connectivity index (χ1v) is 7.58. The fourth-order valence-electron chi connectivity index (χ4n) is 1.77. The third kappa shape index (κ3) is 3.46. The SMILES string of the molecule is CCc1nnc(CSc2nnnn2Cc2ccccc2)o1. The van der Waals surface area contributed by atoms with Crippen LogP contribution in [-0.4, -0.2) is 30.4 Å². The minimum absolute atomic E-state index is 0.558. The van der Waals surface area contributed by atoms with E-state index in [9.17, 15) is 0 Å². The van der Waals surface area contributed by atoms with E-state index in [-0.39, 0.29) is 0 Å². The fraction of sp³-hybridized carbons (Fsp3) is 0.308. The smallest absolute Gasteiger partial charge is 0.226 e. The van der Waals surface area contributed by atoms with Crippen LogP contribution in [0.15, 0.2) is 39.9 Å². The molecule has 0 spiro atoms. The molecule has 8 heteroatoms. The first-order chi connectivity index (χ1) is 10.3. The third-order valence-electron chi connectivity index (χ3n) is 2.81. The lowest BCUT2D eigenvalue weighted by Crippen LogP contribution is -2.03. The number of benzene rings is 1. The highest BCUT2D eigenvalue weighted by Gasteiger charge is 2.10. The molecule has 0 atom stereocenters. The number of rotatable bonds is 6. The number of tetrazole rings is 1. The second kappa shape index (κ2) is 6.49. The summed E-state index contributed by atoms with van der Waals surface area (Å²) < 4.78 is 7.23. The Morgan fingerprint density at radius 3 is 2.67 bits per heavy atom. The largest absolute Gasteiger partial charge is 0.424 e. The van der Waals surface area contributed by atoms with E-state index in [4.69, 9.17) is 4.42 Å². The molecule has 0 amide bonds. The van der Waals surface area contributed by atoms with Crippen LogP contribution in [0.1, 0.15) is 24.3 Å². The molecule has 3 rings (SSSR count). The lowest BCUT2D eigenvalue weighted by molar-refractivity contribution is 0.469. The molecule has 108 valence electrons. The first-order valence-electron chi connectivity index (χ1n) is 6.59. The zero-order valence-corrected chi connectivity index (χ0v) is 12.3. The maximum atomic E-state index is 5.47. The van der Waals surface area contributed by atoms with Crippen LogP contribution >= 0.6 is 11.8 Å². The highest BCUT2D eigenvalue weighted by Crippen LogP contribution is 2.20. The van der Waals surface area contributed by atoms with E-state index < -0.39 is 0 Å². The van der Waals surface area contributed by atoms with Crippen LogP contribution in [0.4, 0.5) is 0 Å². The van der Waals surface area contributed by atoms with Gasteiger partial charge >= 0.3 is 0 Å². The van der Waals surface area contributed by atoms with Gasteiger partial charge in [0.15, 0.2) is 0 Å². The number of thioether (sulfide) groups is 1. The van der Waals surface area contributed by atoms with Crippen molar-refractivity contribution in [1.82, 2.24) is 30.4 Å². The van der Waals surface area contributed by atoms with Gasteiger partial charge in [-0.05, 0) is 16.0 Å². The van der Waals surface area contributed by atoms with E-state index in [1.54, 1.807) is 4.68 Å². The Kier molecular flexibility index (Phi) is 4.25. The monoisotopic (exact) mass is 302 g/mol. The van der Waals surface area contributed by atoms with Crippen molar-refractivity contribution in [2.24, 2.45) is 0 Å². The summed E-state index contributed by atoms with van der Waals surface area (Å²) in [7, 11) is 0. The summed E-state index contributed by atoms with van der Waals surface area (Å²) in [6.45, 7) is 2.62. The molecule has 21 heavy (non-hydrogen) atoms. The maximum absolute atomic E-state index is 5.47. The Labute approximate surface area is 125 Å². The molecule has 2 heterocycles. The normalized spacial score (nSPS) is 10.9. The summed E-state index contributed by atoms with van der Waals surface area (Å²) in [6, 6.07) is 10.1. The number of hydrogen-bond acceptors (Lipinski definition) is 7. The van der Waals surface area contributed by atoms with E-state index >= 15 is 0 Å². The second-order valence-corrected chi connectivity index (χ2v) is 5.28. The third-order valence-corrected chi connectivity index (χ3v) is 3.75. The topological polar surface area (TPSA) is 82.5 Å². The number of aryl methyl sites for hydroxylation is 1. The molecule has 2 aromatic heterocycles. The standard InChI is InChI=1S/C13H14N6OS/c1-2-11-14-15-12(20-11)9-21-13-16-17-18-19(13)8-10-6-4-3-5-7-10/h3-7H,2,8-9H2,1H3. The zero-order valence-electron chi connectivity index (χ0n) is 11.5. The molecule has 7 nitrogen and oxygen atoms in total. The summed E-state index contributed by atoms with van der Waals surface area (Å²) in [4.78, 5) is 0. The lowest BCUT2D eigenvalue weighted by Gasteiger charge is -2.03. The predicted octanol–water partition coefficient (Wildman–Crippen LogP) is 1.96. The quantitative estimate of drug-likeness (QED) is 0.644. The number of hydrogen-bond donors (Lipinski definition) is 0. The number of nitrogens with zero attached hydrogens (tertiary/aromatic N) is 6. The molecule has 3 aromatic rings. The number of aromatic nitrogens is 6. The van der Waals surface area contributed by atoms with Crippen LogP contribution in [0.2, 0.25) is 0 Å². The van der Waals surface area contributed by atoms with Crippen LogP contribution < -0.4 is 0 Å². The van der Waals surface area contributed by atoms with Gasteiger partial charge in [0, 0.05) is 6.42 Å². The molecule has 0 fully saturated rings. The molecule has 0 aliphatic rings. The lowest BCUT2D eigenvalue weighted by atomic mass is 10.2. The summed E-state index contributed by atoms with van der Waals surface area (Å²) in [5, 5.41) is 20.4. The van der Waals surface area contributed by atoms with Crippen molar-refractivity contribution >= 4 is 11.8 Å². The van der Waals surface area contributed by atoms with Crippen molar-refractivity contribution in [3.8, 4) is 0 Å². The van der Waals surface area contributed by atoms with E-state index in [0.717, 1.165) is 17.1 Å². The van der Waals surface area contributed by atoms with Gasteiger partial charge in [0.2, 0.25) is 16.9 Å². The molecule has 0 bridgehead atoms. The van der Waals surface area contributed by atoms with Crippen molar-refractivity contribution < 1.29 is 4.42 Å². The van der Waals surface area contributed by atoms with Crippen LogP contribution in [0.25, 0.3) is 0 Å². The highest BCUT2D eigenvalue weighted by atomic mass is 32.2. The van der Waals surface area contributed by atoms with E-state index in [1.165, 1.54) is 11.8 Å².